The number of hydrogen-bond acceptors (Lipinski definition) is 8. The van der Waals surface area contributed by atoms with E-state index in [1.165, 1.54) is 23.0 Å². The van der Waals surface area contributed by atoms with E-state index < -0.39 is 21.8 Å². The van der Waals surface area contributed by atoms with E-state index >= 15 is 0 Å². The SMILES string of the molecule is NC(=O)c1ncc(N[C@@H]2CS(=O)(=O)CC[C@@H]2N)cc1Nc1ccn(-c2ccc(F)cc2)n1. The van der Waals surface area contributed by atoms with Crippen LogP contribution in [0.15, 0.2) is 48.8 Å². The van der Waals surface area contributed by atoms with E-state index in [0.29, 0.717) is 29.3 Å². The van der Waals surface area contributed by atoms with Crippen molar-refractivity contribution in [2.45, 2.75) is 18.5 Å². The fraction of sp³-hybridized carbons (Fsp3) is 0.250. The number of hydrogen-bond donors (Lipinski definition) is 4. The highest BCUT2D eigenvalue weighted by Crippen LogP contribution is 2.24. The average Bonchev–Trinajstić information content (AvgIpc) is 3.19. The van der Waals surface area contributed by atoms with Gasteiger partial charge in [0.25, 0.3) is 5.91 Å². The largest absolute Gasteiger partial charge is 0.378 e. The maximum Gasteiger partial charge on any atom is 0.269 e. The van der Waals surface area contributed by atoms with Crippen molar-refractivity contribution in [2.75, 3.05) is 22.1 Å². The van der Waals surface area contributed by atoms with Crippen molar-refractivity contribution in [3.05, 3.63) is 60.3 Å². The summed E-state index contributed by atoms with van der Waals surface area (Å²) in [6.45, 7) is 0. The van der Waals surface area contributed by atoms with Crippen LogP contribution in [0, 0.1) is 5.82 Å². The standard InChI is InChI=1S/C20H22FN7O3S/c21-12-1-3-14(4-2-12)28-7-5-18(27-28)26-16-9-13(10-24-19(16)20(23)29)25-17-11-32(30,31)8-6-15(17)22/h1-5,7,9-10,15,17,25H,6,8,11,22H2,(H2,23,29)(H,26,27)/t15-,17+/m0/s1. The zero-order valence-electron chi connectivity index (χ0n) is 16.9. The van der Waals surface area contributed by atoms with Gasteiger partial charge in [0.05, 0.1) is 40.8 Å². The number of carbonyl (C=O) groups is 1. The predicted molar refractivity (Wildman–Crippen MR) is 118 cm³/mol. The van der Waals surface area contributed by atoms with E-state index in [9.17, 15) is 17.6 Å². The van der Waals surface area contributed by atoms with Crippen LogP contribution in [-0.2, 0) is 9.84 Å². The first-order valence-electron chi connectivity index (χ1n) is 9.81. The van der Waals surface area contributed by atoms with E-state index in [2.05, 4.69) is 20.7 Å². The molecule has 1 amide bonds. The second-order valence-corrected chi connectivity index (χ2v) is 9.78. The number of rotatable bonds is 6. The Bertz CT molecular complexity index is 1240. The van der Waals surface area contributed by atoms with Gasteiger partial charge in [-0.2, -0.15) is 5.10 Å². The molecule has 2 aromatic heterocycles. The van der Waals surface area contributed by atoms with E-state index in [1.807, 2.05) is 0 Å². The maximum atomic E-state index is 13.1. The Labute approximate surface area is 183 Å². The lowest BCUT2D eigenvalue weighted by molar-refractivity contribution is 0.0996. The van der Waals surface area contributed by atoms with Crippen LogP contribution in [0.5, 0.6) is 0 Å². The lowest BCUT2D eigenvalue weighted by Crippen LogP contribution is -2.50. The topological polar surface area (TPSA) is 158 Å². The van der Waals surface area contributed by atoms with Crippen LogP contribution in [0.3, 0.4) is 0 Å². The number of primary amides is 1. The monoisotopic (exact) mass is 459 g/mol. The van der Waals surface area contributed by atoms with E-state index in [-0.39, 0.29) is 29.1 Å². The molecule has 1 aromatic carbocycles. The maximum absolute atomic E-state index is 13.1. The normalized spacial score (nSPS) is 19.9. The van der Waals surface area contributed by atoms with Gasteiger partial charge in [0.1, 0.15) is 5.82 Å². The molecule has 2 atom stereocenters. The van der Waals surface area contributed by atoms with Crippen molar-refractivity contribution >= 4 is 32.9 Å². The van der Waals surface area contributed by atoms with Gasteiger partial charge in [-0.3, -0.25) is 4.79 Å². The van der Waals surface area contributed by atoms with E-state index in [0.717, 1.165) is 0 Å². The number of benzene rings is 1. The Morgan fingerprint density at radius 1 is 1.22 bits per heavy atom. The first-order chi connectivity index (χ1) is 15.2. The molecule has 0 aliphatic carbocycles. The van der Waals surface area contributed by atoms with Gasteiger partial charge in [0, 0.05) is 18.3 Å². The molecule has 1 aliphatic rings. The third-order valence-electron chi connectivity index (χ3n) is 5.13. The van der Waals surface area contributed by atoms with Crippen molar-refractivity contribution in [1.29, 1.82) is 0 Å². The fourth-order valence-electron chi connectivity index (χ4n) is 3.46. The molecular weight excluding hydrogens is 437 g/mol. The zero-order valence-corrected chi connectivity index (χ0v) is 17.7. The second kappa shape index (κ2) is 8.55. The molecule has 12 heteroatoms. The summed E-state index contributed by atoms with van der Waals surface area (Å²) in [6.07, 6.45) is 3.43. The number of pyridine rings is 1. The van der Waals surface area contributed by atoms with Gasteiger partial charge >= 0.3 is 0 Å². The molecule has 0 saturated carbocycles. The van der Waals surface area contributed by atoms with Crippen LogP contribution in [0.4, 0.5) is 21.6 Å². The third-order valence-corrected chi connectivity index (χ3v) is 6.85. The summed E-state index contributed by atoms with van der Waals surface area (Å²) in [6, 6.07) is 8.24. The van der Waals surface area contributed by atoms with Crippen LogP contribution in [0.25, 0.3) is 5.69 Å². The number of halogens is 1. The minimum absolute atomic E-state index is 0.00699. The first kappa shape index (κ1) is 21.7. The van der Waals surface area contributed by atoms with Gasteiger partial charge < -0.3 is 22.1 Å². The number of nitrogens with one attached hydrogen (secondary N) is 2. The number of aromatic nitrogens is 3. The smallest absolute Gasteiger partial charge is 0.269 e. The minimum Gasteiger partial charge on any atom is -0.378 e. The van der Waals surface area contributed by atoms with Gasteiger partial charge in [0.2, 0.25) is 0 Å². The zero-order chi connectivity index (χ0) is 22.9. The number of sulfone groups is 1. The van der Waals surface area contributed by atoms with Crippen molar-refractivity contribution < 1.29 is 17.6 Å². The molecule has 6 N–H and O–H groups in total. The minimum atomic E-state index is -3.18. The van der Waals surface area contributed by atoms with Gasteiger partial charge in [0.15, 0.2) is 21.3 Å². The molecule has 32 heavy (non-hydrogen) atoms. The van der Waals surface area contributed by atoms with Gasteiger partial charge in [-0.15, -0.1) is 0 Å². The highest BCUT2D eigenvalue weighted by molar-refractivity contribution is 7.91. The molecule has 3 aromatic rings. The highest BCUT2D eigenvalue weighted by atomic mass is 32.2. The molecule has 0 radical (unpaired) electrons. The summed E-state index contributed by atoms with van der Waals surface area (Å²) in [5, 5.41) is 10.5. The summed E-state index contributed by atoms with van der Waals surface area (Å²) < 4.78 is 38.6. The number of anilines is 3. The molecular formula is C20H22FN7O3S. The Kier molecular flexibility index (Phi) is 5.80. The number of carbonyl (C=O) groups excluding carboxylic acids is 1. The van der Waals surface area contributed by atoms with Crippen LogP contribution in [0.1, 0.15) is 16.9 Å². The molecule has 0 unspecified atom stereocenters. The van der Waals surface area contributed by atoms with Crippen molar-refractivity contribution in [1.82, 2.24) is 14.8 Å². The molecule has 3 heterocycles. The van der Waals surface area contributed by atoms with Crippen molar-refractivity contribution in [2.24, 2.45) is 11.5 Å². The molecule has 0 spiro atoms. The average molecular weight is 460 g/mol. The van der Waals surface area contributed by atoms with Crippen molar-refractivity contribution in [3.63, 3.8) is 0 Å². The third kappa shape index (κ3) is 4.86. The van der Waals surface area contributed by atoms with Crippen LogP contribution < -0.4 is 22.1 Å². The van der Waals surface area contributed by atoms with E-state index in [4.69, 9.17) is 11.5 Å². The van der Waals surface area contributed by atoms with Crippen LogP contribution >= 0.6 is 0 Å². The van der Waals surface area contributed by atoms with Gasteiger partial charge in [-0.25, -0.2) is 22.5 Å². The Morgan fingerprint density at radius 3 is 2.69 bits per heavy atom. The number of nitrogens with two attached hydrogens (primary N) is 2. The number of amides is 1. The summed E-state index contributed by atoms with van der Waals surface area (Å²) in [7, 11) is -3.18. The van der Waals surface area contributed by atoms with Crippen LogP contribution in [-0.4, -0.2) is 52.7 Å². The van der Waals surface area contributed by atoms with Crippen molar-refractivity contribution in [3.8, 4) is 5.69 Å². The summed E-state index contributed by atoms with van der Waals surface area (Å²) >= 11 is 0. The van der Waals surface area contributed by atoms with Crippen LogP contribution in [0.2, 0.25) is 0 Å². The molecule has 4 rings (SSSR count). The lowest BCUT2D eigenvalue weighted by atomic mass is 10.1. The quantitative estimate of drug-likeness (QED) is 0.428. The molecule has 0 bridgehead atoms. The predicted octanol–water partition coefficient (Wildman–Crippen LogP) is 1.18. The molecule has 1 aliphatic heterocycles. The Hall–Kier alpha value is -3.51. The van der Waals surface area contributed by atoms with Gasteiger partial charge in [-0.05, 0) is 36.8 Å². The number of nitrogens with zero attached hydrogens (tertiary/aromatic N) is 3. The molecule has 1 fully saturated rings. The van der Waals surface area contributed by atoms with Gasteiger partial charge in [-0.1, -0.05) is 0 Å². The Balaban J connectivity index is 1.58. The highest BCUT2D eigenvalue weighted by Gasteiger charge is 2.31. The summed E-state index contributed by atoms with van der Waals surface area (Å²) in [4.78, 5) is 16.0. The molecule has 10 nitrogen and oxygen atoms in total. The second-order valence-electron chi connectivity index (χ2n) is 7.55. The molecule has 168 valence electrons. The first-order valence-corrected chi connectivity index (χ1v) is 11.6. The summed E-state index contributed by atoms with van der Waals surface area (Å²) in [5.41, 5.74) is 12.9. The summed E-state index contributed by atoms with van der Waals surface area (Å²) in [5.74, 6) is -0.724. The fourth-order valence-corrected chi connectivity index (χ4v) is 5.14. The Morgan fingerprint density at radius 2 is 1.97 bits per heavy atom. The van der Waals surface area contributed by atoms with E-state index in [1.54, 1.807) is 30.5 Å². The lowest BCUT2D eigenvalue weighted by Gasteiger charge is -2.30. The molecule has 1 saturated heterocycles.